The smallest absolute Gasteiger partial charge is 0.239 e. The third kappa shape index (κ3) is 2.96. The molecule has 0 spiro atoms. The Morgan fingerprint density at radius 1 is 1.33 bits per heavy atom. The Morgan fingerprint density at radius 2 is 2.10 bits per heavy atom. The third-order valence-electron chi connectivity index (χ3n) is 4.61. The molecule has 0 N–H and O–H groups in total. The maximum absolute atomic E-state index is 12.8. The van der Waals surface area contributed by atoms with Crippen molar-refractivity contribution in [2.75, 3.05) is 32.8 Å². The van der Waals surface area contributed by atoms with Crippen LogP contribution in [0.2, 0.25) is 0 Å². The summed E-state index contributed by atoms with van der Waals surface area (Å²) in [6, 6.07) is -0.0629. The second-order valence-corrected chi connectivity index (χ2v) is 5.93. The zero-order valence-electron chi connectivity index (χ0n) is 12.9. The molecule has 0 bridgehead atoms. The van der Waals surface area contributed by atoms with Crippen LogP contribution in [0.15, 0.2) is 6.20 Å². The van der Waals surface area contributed by atoms with E-state index >= 15 is 0 Å². The fraction of sp³-hybridized carbons (Fsp3) is 0.733. The summed E-state index contributed by atoms with van der Waals surface area (Å²) in [5.41, 5.74) is 2.46. The van der Waals surface area contributed by atoms with Gasteiger partial charge in [0.2, 0.25) is 5.91 Å². The number of amides is 1. The minimum absolute atomic E-state index is 0.0629. The predicted octanol–water partition coefficient (Wildman–Crippen LogP) is 0.416. The number of carbonyl (C=O) groups is 1. The van der Waals surface area contributed by atoms with Crippen LogP contribution in [-0.4, -0.2) is 64.4 Å². The molecule has 0 aliphatic carbocycles. The number of fused-ring (bicyclic) bond motifs is 1. The molecule has 3 rings (SSSR count). The quantitative estimate of drug-likeness (QED) is 0.792. The second kappa shape index (κ2) is 6.15. The van der Waals surface area contributed by atoms with E-state index in [1.165, 1.54) is 11.3 Å². The highest BCUT2D eigenvalue weighted by molar-refractivity contribution is 5.81. The van der Waals surface area contributed by atoms with Crippen LogP contribution < -0.4 is 0 Å². The van der Waals surface area contributed by atoms with Gasteiger partial charge in [0, 0.05) is 44.5 Å². The van der Waals surface area contributed by atoms with Gasteiger partial charge in [0.15, 0.2) is 0 Å². The zero-order valence-corrected chi connectivity index (χ0v) is 12.9. The van der Waals surface area contributed by atoms with Crippen molar-refractivity contribution in [3.05, 3.63) is 17.5 Å². The van der Waals surface area contributed by atoms with Crippen LogP contribution in [0.25, 0.3) is 0 Å². The lowest BCUT2D eigenvalue weighted by atomic mass is 10.2. The molecule has 2 aliphatic heterocycles. The molecular weight excluding hydrogens is 268 g/mol. The number of nitrogens with zero attached hydrogens (tertiary/aromatic N) is 4. The number of morpholine rings is 1. The van der Waals surface area contributed by atoms with Gasteiger partial charge in [-0.1, -0.05) is 0 Å². The molecule has 3 heterocycles. The maximum atomic E-state index is 12.8. The zero-order chi connectivity index (χ0) is 14.8. The molecule has 6 nitrogen and oxygen atoms in total. The van der Waals surface area contributed by atoms with E-state index in [1.807, 2.05) is 29.7 Å². The molecule has 21 heavy (non-hydrogen) atoms. The minimum Gasteiger partial charge on any atom is -0.379 e. The SMILES string of the molecule is C[C@@H](C(=O)N1CCCc2c(cnn2C)C1)N1CCOCC1. The fourth-order valence-corrected chi connectivity index (χ4v) is 3.26. The molecule has 1 aromatic rings. The van der Waals surface area contributed by atoms with Crippen molar-refractivity contribution in [2.24, 2.45) is 7.05 Å². The summed E-state index contributed by atoms with van der Waals surface area (Å²) >= 11 is 0. The first-order valence-corrected chi connectivity index (χ1v) is 7.77. The third-order valence-corrected chi connectivity index (χ3v) is 4.61. The van der Waals surface area contributed by atoms with Gasteiger partial charge in [-0.25, -0.2) is 0 Å². The average molecular weight is 292 g/mol. The van der Waals surface area contributed by atoms with E-state index in [-0.39, 0.29) is 11.9 Å². The molecule has 1 fully saturated rings. The van der Waals surface area contributed by atoms with E-state index in [0.29, 0.717) is 6.54 Å². The molecule has 2 aliphatic rings. The molecule has 0 aromatic carbocycles. The van der Waals surface area contributed by atoms with Crippen LogP contribution in [0.5, 0.6) is 0 Å². The van der Waals surface area contributed by atoms with Gasteiger partial charge in [0.25, 0.3) is 0 Å². The van der Waals surface area contributed by atoms with Crippen molar-refractivity contribution < 1.29 is 9.53 Å². The highest BCUT2D eigenvalue weighted by atomic mass is 16.5. The van der Waals surface area contributed by atoms with E-state index in [0.717, 1.165) is 45.7 Å². The summed E-state index contributed by atoms with van der Waals surface area (Å²) in [7, 11) is 1.98. The Kier molecular flexibility index (Phi) is 4.26. The van der Waals surface area contributed by atoms with Crippen LogP contribution in [0.3, 0.4) is 0 Å². The lowest BCUT2D eigenvalue weighted by molar-refractivity contribution is -0.138. The largest absolute Gasteiger partial charge is 0.379 e. The first-order chi connectivity index (χ1) is 10.2. The van der Waals surface area contributed by atoms with Gasteiger partial charge in [-0.05, 0) is 19.8 Å². The predicted molar refractivity (Wildman–Crippen MR) is 78.8 cm³/mol. The minimum atomic E-state index is -0.0629. The fourth-order valence-electron chi connectivity index (χ4n) is 3.26. The molecule has 1 aromatic heterocycles. The topological polar surface area (TPSA) is 50.6 Å². The molecular formula is C15H24N4O2. The Labute approximate surface area is 125 Å². The highest BCUT2D eigenvalue weighted by Gasteiger charge is 2.29. The van der Waals surface area contributed by atoms with Crippen molar-refractivity contribution in [1.82, 2.24) is 19.6 Å². The van der Waals surface area contributed by atoms with Gasteiger partial charge in [-0.15, -0.1) is 0 Å². The Bertz CT molecular complexity index is 508. The molecule has 1 amide bonds. The molecule has 1 saturated heterocycles. The van der Waals surface area contributed by atoms with E-state index in [4.69, 9.17) is 4.74 Å². The van der Waals surface area contributed by atoms with E-state index < -0.39 is 0 Å². The highest BCUT2D eigenvalue weighted by Crippen LogP contribution is 2.19. The summed E-state index contributed by atoms with van der Waals surface area (Å²) < 4.78 is 7.31. The normalized spacial score (nSPS) is 21.7. The summed E-state index contributed by atoms with van der Waals surface area (Å²) in [6.07, 6.45) is 3.91. The van der Waals surface area contributed by atoms with Gasteiger partial charge in [-0.2, -0.15) is 5.10 Å². The average Bonchev–Trinajstić information content (AvgIpc) is 2.75. The van der Waals surface area contributed by atoms with E-state index in [1.54, 1.807) is 0 Å². The first kappa shape index (κ1) is 14.5. The Balaban J connectivity index is 1.69. The van der Waals surface area contributed by atoms with Gasteiger partial charge in [0.05, 0.1) is 25.5 Å². The van der Waals surface area contributed by atoms with Crippen LogP contribution >= 0.6 is 0 Å². The van der Waals surface area contributed by atoms with Crippen molar-refractivity contribution >= 4 is 5.91 Å². The monoisotopic (exact) mass is 292 g/mol. The van der Waals surface area contributed by atoms with Crippen LogP contribution in [-0.2, 0) is 29.5 Å². The Morgan fingerprint density at radius 3 is 2.86 bits per heavy atom. The number of carbonyl (C=O) groups excluding carboxylic acids is 1. The van der Waals surface area contributed by atoms with Gasteiger partial charge in [-0.3, -0.25) is 14.4 Å². The molecule has 0 radical (unpaired) electrons. The summed E-state index contributed by atoms with van der Waals surface area (Å²) in [5, 5.41) is 4.32. The van der Waals surface area contributed by atoms with Crippen molar-refractivity contribution in [3.63, 3.8) is 0 Å². The van der Waals surface area contributed by atoms with E-state index in [9.17, 15) is 4.79 Å². The molecule has 6 heteroatoms. The number of hydrogen-bond donors (Lipinski definition) is 0. The van der Waals surface area contributed by atoms with Gasteiger partial charge >= 0.3 is 0 Å². The lowest BCUT2D eigenvalue weighted by Gasteiger charge is -2.34. The lowest BCUT2D eigenvalue weighted by Crippen LogP contribution is -2.50. The van der Waals surface area contributed by atoms with E-state index in [2.05, 4.69) is 10.00 Å². The summed E-state index contributed by atoms with van der Waals surface area (Å²) in [5.74, 6) is 0.230. The molecule has 116 valence electrons. The number of aryl methyl sites for hydroxylation is 1. The molecule has 0 unspecified atom stereocenters. The van der Waals surface area contributed by atoms with Crippen LogP contribution in [0.1, 0.15) is 24.6 Å². The number of rotatable bonds is 2. The van der Waals surface area contributed by atoms with Crippen LogP contribution in [0.4, 0.5) is 0 Å². The second-order valence-electron chi connectivity index (χ2n) is 5.93. The van der Waals surface area contributed by atoms with Crippen molar-refractivity contribution in [3.8, 4) is 0 Å². The summed E-state index contributed by atoms with van der Waals surface area (Å²) in [4.78, 5) is 17.0. The Hall–Kier alpha value is -1.40. The standard InChI is InChI=1S/C15H24N4O2/c1-12(18-6-8-21-9-7-18)15(20)19-5-3-4-14-13(11-19)10-16-17(14)2/h10,12H,3-9,11H2,1-2H3/t12-/m0/s1. The summed E-state index contributed by atoms with van der Waals surface area (Å²) in [6.45, 7) is 6.69. The number of ether oxygens (including phenoxy) is 1. The molecule has 0 saturated carbocycles. The van der Waals surface area contributed by atoms with Crippen molar-refractivity contribution in [2.45, 2.75) is 32.4 Å². The van der Waals surface area contributed by atoms with Gasteiger partial charge < -0.3 is 9.64 Å². The number of hydrogen-bond acceptors (Lipinski definition) is 4. The van der Waals surface area contributed by atoms with Gasteiger partial charge in [0.1, 0.15) is 0 Å². The van der Waals surface area contributed by atoms with Crippen molar-refractivity contribution in [1.29, 1.82) is 0 Å². The number of aromatic nitrogens is 2. The first-order valence-electron chi connectivity index (χ1n) is 7.77. The maximum Gasteiger partial charge on any atom is 0.239 e. The molecule has 1 atom stereocenters. The van der Waals surface area contributed by atoms with Crippen LogP contribution in [0, 0.1) is 0 Å².